The van der Waals surface area contributed by atoms with Crippen molar-refractivity contribution in [2.24, 2.45) is 0 Å². The van der Waals surface area contributed by atoms with E-state index in [-0.39, 0.29) is 12.2 Å². The van der Waals surface area contributed by atoms with Gasteiger partial charge in [-0.1, -0.05) is 31.2 Å². The maximum absolute atomic E-state index is 13.1. The Bertz CT molecular complexity index is 1040. The molecule has 0 unspecified atom stereocenters. The average Bonchev–Trinajstić information content (AvgIpc) is 3.21. The number of amides is 1. The van der Waals surface area contributed by atoms with Gasteiger partial charge in [0.15, 0.2) is 0 Å². The zero-order chi connectivity index (χ0) is 22.4. The quantitative estimate of drug-likeness (QED) is 0.507. The van der Waals surface area contributed by atoms with E-state index in [0.29, 0.717) is 13.1 Å². The van der Waals surface area contributed by atoms with Gasteiger partial charge < -0.3 is 10.1 Å². The van der Waals surface area contributed by atoms with Crippen molar-refractivity contribution >= 4 is 22.9 Å². The first kappa shape index (κ1) is 22.8. The number of methoxy groups -OCH3 is 1. The summed E-state index contributed by atoms with van der Waals surface area (Å²) in [5.74, 6) is 0.224. The molecule has 0 aliphatic heterocycles. The second-order valence-corrected chi connectivity index (χ2v) is 7.63. The summed E-state index contributed by atoms with van der Waals surface area (Å²) in [7, 11) is 1.60. The number of nitrogens with zero attached hydrogens (tertiary/aromatic N) is 2. The maximum atomic E-state index is 13.1. The first-order valence-corrected chi connectivity index (χ1v) is 10.5. The smallest absolute Gasteiger partial charge is 0.418 e. The Balaban J connectivity index is 1.65. The van der Waals surface area contributed by atoms with E-state index >= 15 is 0 Å². The van der Waals surface area contributed by atoms with Crippen LogP contribution in [0.3, 0.4) is 0 Å². The Morgan fingerprint density at radius 1 is 1.19 bits per heavy atom. The third-order valence-corrected chi connectivity index (χ3v) is 5.52. The number of rotatable bonds is 8. The Morgan fingerprint density at radius 3 is 2.68 bits per heavy atom. The van der Waals surface area contributed by atoms with E-state index in [1.165, 1.54) is 29.5 Å². The van der Waals surface area contributed by atoms with Crippen LogP contribution in [0.4, 0.5) is 18.9 Å². The number of benzene rings is 2. The monoisotopic (exact) mass is 449 g/mol. The van der Waals surface area contributed by atoms with Gasteiger partial charge in [-0.15, -0.1) is 11.3 Å². The van der Waals surface area contributed by atoms with E-state index in [9.17, 15) is 18.0 Å². The summed E-state index contributed by atoms with van der Waals surface area (Å²) in [5, 5.41) is 5.12. The first-order valence-electron chi connectivity index (χ1n) is 9.57. The lowest BCUT2D eigenvalue weighted by Gasteiger charge is -2.19. The number of likely N-dealkylation sites (N-methyl/N-ethyl adjacent to an activating group) is 1. The SMILES string of the molecule is CCN(CC(=O)Nc1ccccc1C(F)(F)F)Cc1csc(-c2cccc(OC)c2)n1. The van der Waals surface area contributed by atoms with Crippen molar-refractivity contribution in [3.63, 3.8) is 0 Å². The number of ether oxygens (including phenoxy) is 1. The number of nitrogens with one attached hydrogen (secondary N) is 1. The molecule has 31 heavy (non-hydrogen) atoms. The van der Waals surface area contributed by atoms with Crippen molar-refractivity contribution in [3.05, 3.63) is 65.2 Å². The standard InChI is InChI=1S/C22H22F3N3O2S/c1-3-28(13-20(29)27-19-10-5-4-9-18(19)22(23,24)25)12-16-14-31-21(26-16)15-7-6-8-17(11-15)30-2/h4-11,14H,3,12-13H2,1-2H3,(H,27,29). The molecule has 0 bridgehead atoms. The van der Waals surface area contributed by atoms with Crippen molar-refractivity contribution in [2.45, 2.75) is 19.6 Å². The van der Waals surface area contributed by atoms with Crippen molar-refractivity contribution < 1.29 is 22.7 Å². The Hall–Kier alpha value is -2.91. The molecule has 3 aromatic rings. The van der Waals surface area contributed by atoms with Gasteiger partial charge in [0, 0.05) is 17.5 Å². The first-order chi connectivity index (χ1) is 14.8. The molecule has 0 atom stereocenters. The molecule has 1 heterocycles. The molecule has 0 spiro atoms. The minimum Gasteiger partial charge on any atom is -0.497 e. The van der Waals surface area contributed by atoms with E-state index < -0.39 is 17.6 Å². The fourth-order valence-corrected chi connectivity index (χ4v) is 3.82. The predicted octanol–water partition coefficient (Wildman–Crippen LogP) is 5.30. The van der Waals surface area contributed by atoms with E-state index in [0.717, 1.165) is 28.1 Å². The number of aromatic nitrogens is 1. The number of carbonyl (C=O) groups excluding carboxylic acids is 1. The molecule has 1 aromatic heterocycles. The minimum atomic E-state index is -4.54. The molecular formula is C22H22F3N3O2S. The lowest BCUT2D eigenvalue weighted by atomic mass is 10.1. The average molecular weight is 449 g/mol. The van der Waals surface area contributed by atoms with Crippen LogP contribution in [-0.4, -0.2) is 36.0 Å². The number of carbonyl (C=O) groups is 1. The topological polar surface area (TPSA) is 54.5 Å². The van der Waals surface area contributed by atoms with Gasteiger partial charge in [0.05, 0.1) is 30.6 Å². The van der Waals surface area contributed by atoms with Crippen LogP contribution in [0.5, 0.6) is 5.75 Å². The Kier molecular flexibility index (Phi) is 7.29. The van der Waals surface area contributed by atoms with Crippen LogP contribution in [-0.2, 0) is 17.5 Å². The van der Waals surface area contributed by atoms with Crippen LogP contribution in [0.25, 0.3) is 10.6 Å². The molecule has 5 nitrogen and oxygen atoms in total. The van der Waals surface area contributed by atoms with Gasteiger partial charge in [0.1, 0.15) is 10.8 Å². The molecular weight excluding hydrogens is 427 g/mol. The molecule has 1 amide bonds. The van der Waals surface area contributed by atoms with Crippen LogP contribution in [0.1, 0.15) is 18.2 Å². The van der Waals surface area contributed by atoms with Crippen LogP contribution in [0.15, 0.2) is 53.9 Å². The zero-order valence-electron chi connectivity index (χ0n) is 17.1. The summed E-state index contributed by atoms with van der Waals surface area (Å²) in [5.41, 5.74) is 0.604. The fraction of sp³-hybridized carbons (Fsp3) is 0.273. The number of para-hydroxylation sites is 1. The van der Waals surface area contributed by atoms with E-state index in [4.69, 9.17) is 4.74 Å². The number of hydrogen-bond donors (Lipinski definition) is 1. The third-order valence-electron chi connectivity index (χ3n) is 4.58. The van der Waals surface area contributed by atoms with Crippen molar-refractivity contribution in [1.82, 2.24) is 9.88 Å². The van der Waals surface area contributed by atoms with Gasteiger partial charge in [-0.05, 0) is 30.8 Å². The van der Waals surface area contributed by atoms with Crippen molar-refractivity contribution in [3.8, 4) is 16.3 Å². The van der Waals surface area contributed by atoms with Gasteiger partial charge in [0.25, 0.3) is 0 Å². The number of hydrogen-bond acceptors (Lipinski definition) is 5. The molecule has 0 saturated heterocycles. The minimum absolute atomic E-state index is 0.0469. The van der Waals surface area contributed by atoms with Gasteiger partial charge >= 0.3 is 6.18 Å². The number of alkyl halides is 3. The highest BCUT2D eigenvalue weighted by atomic mass is 32.1. The third kappa shape index (κ3) is 6.05. The fourth-order valence-electron chi connectivity index (χ4n) is 3.01. The molecule has 2 aromatic carbocycles. The largest absolute Gasteiger partial charge is 0.497 e. The lowest BCUT2D eigenvalue weighted by Crippen LogP contribution is -2.33. The molecule has 0 radical (unpaired) electrons. The van der Waals surface area contributed by atoms with E-state index in [2.05, 4.69) is 10.3 Å². The number of halogens is 3. The predicted molar refractivity (Wildman–Crippen MR) is 115 cm³/mol. The van der Waals surface area contributed by atoms with Crippen molar-refractivity contribution in [2.75, 3.05) is 25.5 Å². The molecule has 0 aliphatic carbocycles. The number of thiazole rings is 1. The Labute approximate surface area is 182 Å². The van der Waals surface area contributed by atoms with Gasteiger partial charge in [-0.25, -0.2) is 4.98 Å². The summed E-state index contributed by atoms with van der Waals surface area (Å²) in [4.78, 5) is 18.8. The Morgan fingerprint density at radius 2 is 1.97 bits per heavy atom. The highest BCUT2D eigenvalue weighted by Gasteiger charge is 2.33. The molecule has 3 rings (SSSR count). The zero-order valence-corrected chi connectivity index (χ0v) is 17.9. The highest BCUT2D eigenvalue weighted by Crippen LogP contribution is 2.34. The summed E-state index contributed by atoms with van der Waals surface area (Å²) in [6.07, 6.45) is -4.54. The van der Waals surface area contributed by atoms with Crippen molar-refractivity contribution in [1.29, 1.82) is 0 Å². The molecule has 0 saturated carbocycles. The summed E-state index contributed by atoms with van der Waals surface area (Å²) >= 11 is 1.48. The van der Waals surface area contributed by atoms with Gasteiger partial charge in [0.2, 0.25) is 5.91 Å². The second kappa shape index (κ2) is 9.93. The summed E-state index contributed by atoms with van der Waals surface area (Å²) in [6, 6.07) is 12.5. The van der Waals surface area contributed by atoms with Gasteiger partial charge in [-0.2, -0.15) is 13.2 Å². The van der Waals surface area contributed by atoms with Crippen LogP contribution in [0.2, 0.25) is 0 Å². The number of anilines is 1. The molecule has 9 heteroatoms. The van der Waals surface area contributed by atoms with Crippen LogP contribution < -0.4 is 10.1 Å². The second-order valence-electron chi connectivity index (χ2n) is 6.77. The van der Waals surface area contributed by atoms with E-state index in [1.54, 1.807) is 7.11 Å². The summed E-state index contributed by atoms with van der Waals surface area (Å²) in [6.45, 7) is 2.78. The molecule has 1 N–H and O–H groups in total. The molecule has 164 valence electrons. The van der Waals surface area contributed by atoms with Gasteiger partial charge in [-0.3, -0.25) is 9.69 Å². The highest BCUT2D eigenvalue weighted by molar-refractivity contribution is 7.13. The van der Waals surface area contributed by atoms with Crippen LogP contribution >= 0.6 is 11.3 Å². The molecule has 0 aliphatic rings. The lowest BCUT2D eigenvalue weighted by molar-refractivity contribution is -0.137. The molecule has 0 fully saturated rings. The van der Waals surface area contributed by atoms with Crippen LogP contribution in [0, 0.1) is 0 Å². The van der Waals surface area contributed by atoms with E-state index in [1.807, 2.05) is 41.5 Å². The maximum Gasteiger partial charge on any atom is 0.418 e. The normalized spacial score (nSPS) is 11.5. The summed E-state index contributed by atoms with van der Waals surface area (Å²) < 4.78 is 44.6.